The smallest absolute Gasteiger partial charge is 0.407 e. The molecule has 0 fully saturated rings. The van der Waals surface area contributed by atoms with Gasteiger partial charge in [0.25, 0.3) is 0 Å². The molecule has 0 aliphatic rings. The Hall–Kier alpha value is -1.03. The minimum absolute atomic E-state index is 0.367. The van der Waals surface area contributed by atoms with Crippen LogP contribution in [0.1, 0.15) is 31.2 Å². The van der Waals surface area contributed by atoms with Crippen molar-refractivity contribution in [1.82, 2.24) is 5.32 Å². The largest absolute Gasteiger partial charge is 0.444 e. The molecule has 0 saturated carbocycles. The quantitative estimate of drug-likeness (QED) is 0.843. The van der Waals surface area contributed by atoms with Gasteiger partial charge < -0.3 is 10.1 Å². The summed E-state index contributed by atoms with van der Waals surface area (Å²) in [5, 5.41) is 4.78. The maximum absolute atomic E-state index is 11.3. The highest BCUT2D eigenvalue weighted by molar-refractivity contribution is 7.10. The van der Waals surface area contributed by atoms with Crippen molar-refractivity contribution in [3.8, 4) is 0 Å². The van der Waals surface area contributed by atoms with Crippen LogP contribution < -0.4 is 5.32 Å². The molecule has 0 atom stereocenters. The summed E-state index contributed by atoms with van der Waals surface area (Å²) in [6.45, 7) is 8.12. The van der Waals surface area contributed by atoms with E-state index in [1.54, 1.807) is 11.3 Å². The molecule has 84 valence electrons. The van der Waals surface area contributed by atoms with Crippen LogP contribution >= 0.6 is 11.3 Å². The van der Waals surface area contributed by atoms with E-state index in [4.69, 9.17) is 4.74 Å². The molecule has 1 rings (SSSR count). The number of carbonyl (C=O) groups is 1. The van der Waals surface area contributed by atoms with E-state index >= 15 is 0 Å². The van der Waals surface area contributed by atoms with Crippen molar-refractivity contribution in [3.63, 3.8) is 0 Å². The molecule has 0 unspecified atom stereocenters. The second-order valence-corrected chi connectivity index (χ2v) is 5.44. The molecule has 0 aliphatic carbocycles. The maximum Gasteiger partial charge on any atom is 0.407 e. The van der Waals surface area contributed by atoms with Crippen LogP contribution in [0.25, 0.3) is 0 Å². The molecule has 0 saturated heterocycles. The third-order valence-electron chi connectivity index (χ3n) is 1.59. The van der Waals surface area contributed by atoms with Crippen LogP contribution in [0.5, 0.6) is 0 Å². The van der Waals surface area contributed by atoms with Gasteiger partial charge in [-0.3, -0.25) is 0 Å². The van der Waals surface area contributed by atoms with Gasteiger partial charge in [-0.15, -0.1) is 11.3 Å². The number of rotatable bonds is 2. The molecule has 0 bridgehead atoms. The van der Waals surface area contributed by atoms with E-state index in [0.29, 0.717) is 6.54 Å². The lowest BCUT2D eigenvalue weighted by Gasteiger charge is -2.19. The molecule has 4 heteroatoms. The predicted molar refractivity (Wildman–Crippen MR) is 62.1 cm³/mol. The molecule has 3 nitrogen and oxygen atoms in total. The van der Waals surface area contributed by atoms with Crippen LogP contribution in [0.2, 0.25) is 0 Å². The topological polar surface area (TPSA) is 38.3 Å². The number of hydrogen-bond acceptors (Lipinski definition) is 3. The lowest BCUT2D eigenvalue weighted by molar-refractivity contribution is 0.0524. The van der Waals surface area contributed by atoms with Crippen molar-refractivity contribution in [1.29, 1.82) is 0 Å². The molecule has 0 aliphatic heterocycles. The fourth-order valence-electron chi connectivity index (χ4n) is 1.06. The highest BCUT2D eigenvalue weighted by atomic mass is 32.1. The molecular weight excluding hydrogens is 210 g/mol. The van der Waals surface area contributed by atoms with E-state index in [-0.39, 0.29) is 6.09 Å². The second kappa shape index (κ2) is 4.66. The van der Waals surface area contributed by atoms with Crippen molar-refractivity contribution in [2.24, 2.45) is 0 Å². The van der Waals surface area contributed by atoms with Gasteiger partial charge in [-0.05, 0) is 44.7 Å². The summed E-state index contributed by atoms with van der Waals surface area (Å²) >= 11 is 1.64. The Bertz CT molecular complexity index is 339. The number of ether oxygens (including phenoxy) is 1. The predicted octanol–water partition coefficient (Wildman–Crippen LogP) is 3.08. The molecule has 0 spiro atoms. The third kappa shape index (κ3) is 4.83. The summed E-state index contributed by atoms with van der Waals surface area (Å²) in [7, 11) is 0. The first-order chi connectivity index (χ1) is 6.87. The SMILES string of the molecule is Cc1csc(CNC(=O)OC(C)(C)C)c1. The molecule has 15 heavy (non-hydrogen) atoms. The van der Waals surface area contributed by atoms with Gasteiger partial charge in [0, 0.05) is 4.88 Å². The maximum atomic E-state index is 11.3. The van der Waals surface area contributed by atoms with Crippen molar-refractivity contribution in [2.45, 2.75) is 39.8 Å². The lowest BCUT2D eigenvalue weighted by Crippen LogP contribution is -2.31. The lowest BCUT2D eigenvalue weighted by atomic mass is 10.2. The van der Waals surface area contributed by atoms with Gasteiger partial charge in [-0.1, -0.05) is 0 Å². The fourth-order valence-corrected chi connectivity index (χ4v) is 1.87. The summed E-state index contributed by atoms with van der Waals surface area (Å²) in [5.74, 6) is 0. The van der Waals surface area contributed by atoms with E-state index in [1.165, 1.54) is 5.56 Å². The van der Waals surface area contributed by atoms with E-state index in [0.717, 1.165) is 4.88 Å². The summed E-state index contributed by atoms with van der Waals surface area (Å²) < 4.78 is 5.12. The molecule has 1 aromatic rings. The minimum Gasteiger partial charge on any atom is -0.444 e. The van der Waals surface area contributed by atoms with Gasteiger partial charge in [0.2, 0.25) is 0 Å². The van der Waals surface area contributed by atoms with Gasteiger partial charge in [0.1, 0.15) is 5.60 Å². The molecule has 0 radical (unpaired) electrons. The highest BCUT2D eigenvalue weighted by Crippen LogP contribution is 2.13. The van der Waals surface area contributed by atoms with Crippen LogP contribution in [0.15, 0.2) is 11.4 Å². The number of thiophene rings is 1. The molecule has 0 aromatic carbocycles. The average molecular weight is 227 g/mol. The fraction of sp³-hybridized carbons (Fsp3) is 0.545. The summed E-state index contributed by atoms with van der Waals surface area (Å²) in [6.07, 6.45) is -0.367. The van der Waals surface area contributed by atoms with Gasteiger partial charge in [-0.2, -0.15) is 0 Å². The van der Waals surface area contributed by atoms with Gasteiger partial charge >= 0.3 is 6.09 Å². The standard InChI is InChI=1S/C11H17NO2S/c1-8-5-9(15-7-8)6-12-10(13)14-11(2,3)4/h5,7H,6H2,1-4H3,(H,12,13). The molecule has 1 amide bonds. The Balaban J connectivity index is 2.35. The third-order valence-corrected chi connectivity index (χ3v) is 2.65. The Morgan fingerprint density at radius 2 is 2.20 bits per heavy atom. The molecule has 1 N–H and O–H groups in total. The highest BCUT2D eigenvalue weighted by Gasteiger charge is 2.15. The summed E-state index contributed by atoms with van der Waals surface area (Å²) in [5.41, 5.74) is 0.788. The number of amides is 1. The summed E-state index contributed by atoms with van der Waals surface area (Å²) in [6, 6.07) is 2.06. The molecular formula is C11H17NO2S. The van der Waals surface area contributed by atoms with Gasteiger partial charge in [0.15, 0.2) is 0 Å². The van der Waals surface area contributed by atoms with Crippen molar-refractivity contribution >= 4 is 17.4 Å². The Morgan fingerprint density at radius 3 is 2.67 bits per heavy atom. The number of carbonyl (C=O) groups excluding carboxylic acids is 1. The minimum atomic E-state index is -0.435. The van der Waals surface area contributed by atoms with Gasteiger partial charge in [0.05, 0.1) is 6.54 Å². The van der Waals surface area contributed by atoms with Crippen LogP contribution in [0.3, 0.4) is 0 Å². The van der Waals surface area contributed by atoms with E-state index in [2.05, 4.69) is 16.8 Å². The van der Waals surface area contributed by atoms with E-state index in [1.807, 2.05) is 27.7 Å². The van der Waals surface area contributed by atoms with E-state index in [9.17, 15) is 4.79 Å². The number of hydrogen-bond donors (Lipinski definition) is 1. The first-order valence-corrected chi connectivity index (χ1v) is 5.75. The number of aryl methyl sites for hydroxylation is 1. The van der Waals surface area contributed by atoms with Crippen molar-refractivity contribution in [3.05, 3.63) is 21.9 Å². The Kier molecular flexibility index (Phi) is 3.74. The number of alkyl carbamates (subject to hydrolysis) is 1. The monoisotopic (exact) mass is 227 g/mol. The zero-order valence-electron chi connectivity index (χ0n) is 9.59. The van der Waals surface area contributed by atoms with E-state index < -0.39 is 5.60 Å². The number of nitrogens with one attached hydrogen (secondary N) is 1. The van der Waals surface area contributed by atoms with Crippen LogP contribution in [-0.2, 0) is 11.3 Å². The van der Waals surface area contributed by atoms with Crippen LogP contribution in [0, 0.1) is 6.92 Å². The first-order valence-electron chi connectivity index (χ1n) is 4.88. The molecule has 1 heterocycles. The normalized spacial score (nSPS) is 11.2. The van der Waals surface area contributed by atoms with Crippen LogP contribution in [-0.4, -0.2) is 11.7 Å². The first kappa shape index (κ1) is 12.0. The van der Waals surface area contributed by atoms with Crippen LogP contribution in [0.4, 0.5) is 4.79 Å². The summed E-state index contributed by atoms with van der Waals surface area (Å²) in [4.78, 5) is 12.4. The zero-order chi connectivity index (χ0) is 11.5. The van der Waals surface area contributed by atoms with Gasteiger partial charge in [-0.25, -0.2) is 4.79 Å². The van der Waals surface area contributed by atoms with Crippen molar-refractivity contribution in [2.75, 3.05) is 0 Å². The Morgan fingerprint density at radius 1 is 1.53 bits per heavy atom. The average Bonchev–Trinajstić information content (AvgIpc) is 2.45. The Labute approximate surface area is 94.5 Å². The van der Waals surface area contributed by atoms with Crippen molar-refractivity contribution < 1.29 is 9.53 Å². The molecule has 1 aromatic heterocycles. The second-order valence-electron chi connectivity index (χ2n) is 4.45. The zero-order valence-corrected chi connectivity index (χ0v) is 10.4.